The summed E-state index contributed by atoms with van der Waals surface area (Å²) < 4.78 is 5.76. The number of aryl methyl sites for hydroxylation is 1. The molecule has 0 bridgehead atoms. The molecule has 3 nitrogen and oxygen atoms in total. The van der Waals surface area contributed by atoms with E-state index in [0.717, 1.165) is 42.7 Å². The molecule has 2 heterocycles. The van der Waals surface area contributed by atoms with Gasteiger partial charge in [0.05, 0.1) is 17.1 Å². The van der Waals surface area contributed by atoms with Crippen molar-refractivity contribution in [2.45, 2.75) is 45.1 Å². The van der Waals surface area contributed by atoms with E-state index in [1.165, 1.54) is 18.4 Å². The average Bonchev–Trinajstić information content (AvgIpc) is 2.80. The Labute approximate surface area is 108 Å². The van der Waals surface area contributed by atoms with Crippen LogP contribution in [0.3, 0.4) is 0 Å². The predicted molar refractivity (Wildman–Crippen MR) is 72.8 cm³/mol. The topological polar surface area (TPSA) is 37.9 Å². The molecule has 0 spiro atoms. The Bertz CT molecular complexity index is 526. The van der Waals surface area contributed by atoms with Crippen LogP contribution in [0, 0.1) is 0 Å². The van der Waals surface area contributed by atoms with Gasteiger partial charge in [-0.25, -0.2) is 4.98 Å². The Hall–Kier alpha value is -1.35. The number of benzene rings is 1. The lowest BCUT2D eigenvalue weighted by atomic mass is 10.1. The SMILES string of the molecule is CCc1ccc2nc(CC3CCCCO3)[nH]c2c1. The summed E-state index contributed by atoms with van der Waals surface area (Å²) in [6, 6.07) is 6.47. The van der Waals surface area contributed by atoms with Crippen molar-refractivity contribution in [3.63, 3.8) is 0 Å². The molecule has 0 saturated carbocycles. The van der Waals surface area contributed by atoms with Gasteiger partial charge in [0, 0.05) is 13.0 Å². The van der Waals surface area contributed by atoms with Crippen molar-refractivity contribution in [3.05, 3.63) is 29.6 Å². The minimum Gasteiger partial charge on any atom is -0.378 e. The van der Waals surface area contributed by atoms with Gasteiger partial charge in [0.2, 0.25) is 0 Å². The van der Waals surface area contributed by atoms with Crippen LogP contribution in [0.5, 0.6) is 0 Å². The zero-order chi connectivity index (χ0) is 12.4. The highest BCUT2D eigenvalue weighted by atomic mass is 16.5. The van der Waals surface area contributed by atoms with Crippen LogP contribution in [-0.4, -0.2) is 22.7 Å². The number of aromatic amines is 1. The highest BCUT2D eigenvalue weighted by molar-refractivity contribution is 5.75. The monoisotopic (exact) mass is 244 g/mol. The van der Waals surface area contributed by atoms with Crippen LogP contribution in [0.2, 0.25) is 0 Å². The molecule has 96 valence electrons. The van der Waals surface area contributed by atoms with Crippen molar-refractivity contribution in [2.75, 3.05) is 6.61 Å². The normalized spacial score (nSPS) is 20.4. The van der Waals surface area contributed by atoms with Crippen molar-refractivity contribution in [1.29, 1.82) is 0 Å². The van der Waals surface area contributed by atoms with Crippen molar-refractivity contribution in [1.82, 2.24) is 9.97 Å². The Balaban J connectivity index is 1.79. The third kappa shape index (κ3) is 2.41. The first-order valence-electron chi connectivity index (χ1n) is 6.94. The van der Waals surface area contributed by atoms with E-state index in [4.69, 9.17) is 4.74 Å². The zero-order valence-corrected chi connectivity index (χ0v) is 10.9. The number of nitrogens with one attached hydrogen (secondary N) is 1. The number of hydrogen-bond acceptors (Lipinski definition) is 2. The lowest BCUT2D eigenvalue weighted by molar-refractivity contribution is 0.0158. The van der Waals surface area contributed by atoms with Gasteiger partial charge in [-0.15, -0.1) is 0 Å². The third-order valence-electron chi connectivity index (χ3n) is 3.70. The van der Waals surface area contributed by atoms with E-state index in [1.54, 1.807) is 0 Å². The minimum absolute atomic E-state index is 0.352. The van der Waals surface area contributed by atoms with Crippen LogP contribution >= 0.6 is 0 Å². The summed E-state index contributed by atoms with van der Waals surface area (Å²) in [5, 5.41) is 0. The highest BCUT2D eigenvalue weighted by Gasteiger charge is 2.16. The Kier molecular flexibility index (Phi) is 3.33. The second kappa shape index (κ2) is 5.11. The molecule has 3 rings (SSSR count). The molecule has 1 aliphatic rings. The molecule has 1 unspecified atom stereocenters. The maximum absolute atomic E-state index is 5.76. The second-order valence-corrected chi connectivity index (χ2v) is 5.08. The molecule has 1 aliphatic heterocycles. The van der Waals surface area contributed by atoms with Crippen LogP contribution in [0.1, 0.15) is 37.6 Å². The van der Waals surface area contributed by atoms with Gasteiger partial charge in [0.15, 0.2) is 0 Å². The van der Waals surface area contributed by atoms with Crippen molar-refractivity contribution >= 4 is 11.0 Å². The number of aromatic nitrogens is 2. The maximum atomic E-state index is 5.76. The number of fused-ring (bicyclic) bond motifs is 1. The molecular formula is C15H20N2O. The van der Waals surface area contributed by atoms with Crippen molar-refractivity contribution in [3.8, 4) is 0 Å². The maximum Gasteiger partial charge on any atom is 0.109 e. The highest BCUT2D eigenvalue weighted by Crippen LogP contribution is 2.19. The molecule has 3 heteroatoms. The van der Waals surface area contributed by atoms with Gasteiger partial charge in [-0.05, 0) is 43.4 Å². The number of hydrogen-bond donors (Lipinski definition) is 1. The molecule has 1 aromatic carbocycles. The third-order valence-corrected chi connectivity index (χ3v) is 3.70. The molecule has 0 amide bonds. The fourth-order valence-electron chi connectivity index (χ4n) is 2.61. The fraction of sp³-hybridized carbons (Fsp3) is 0.533. The van der Waals surface area contributed by atoms with Gasteiger partial charge in [0.25, 0.3) is 0 Å². The minimum atomic E-state index is 0.352. The number of H-pyrrole nitrogens is 1. The lowest BCUT2D eigenvalue weighted by Crippen LogP contribution is -2.21. The fourth-order valence-corrected chi connectivity index (χ4v) is 2.61. The summed E-state index contributed by atoms with van der Waals surface area (Å²) in [4.78, 5) is 8.07. The van der Waals surface area contributed by atoms with E-state index >= 15 is 0 Å². The van der Waals surface area contributed by atoms with E-state index in [2.05, 4.69) is 35.1 Å². The molecule has 2 aromatic rings. The smallest absolute Gasteiger partial charge is 0.109 e. The number of ether oxygens (including phenoxy) is 1. The summed E-state index contributed by atoms with van der Waals surface area (Å²) in [7, 11) is 0. The molecule has 18 heavy (non-hydrogen) atoms. The molecule has 0 aliphatic carbocycles. The van der Waals surface area contributed by atoms with Crippen LogP contribution in [0.25, 0.3) is 11.0 Å². The Morgan fingerprint density at radius 3 is 3.11 bits per heavy atom. The summed E-state index contributed by atoms with van der Waals surface area (Å²) in [5.74, 6) is 1.06. The lowest BCUT2D eigenvalue weighted by Gasteiger charge is -2.21. The second-order valence-electron chi connectivity index (χ2n) is 5.08. The first-order valence-corrected chi connectivity index (χ1v) is 6.94. The first kappa shape index (κ1) is 11.7. The van der Waals surface area contributed by atoms with Gasteiger partial charge >= 0.3 is 0 Å². The molecule has 1 atom stereocenters. The van der Waals surface area contributed by atoms with E-state index in [0.29, 0.717) is 6.10 Å². The van der Waals surface area contributed by atoms with Gasteiger partial charge < -0.3 is 9.72 Å². The van der Waals surface area contributed by atoms with Crippen molar-refractivity contribution < 1.29 is 4.74 Å². The Morgan fingerprint density at radius 2 is 2.33 bits per heavy atom. The quantitative estimate of drug-likeness (QED) is 0.900. The standard InChI is InChI=1S/C15H20N2O/c1-2-11-6-7-13-14(9-11)17-15(16-13)10-12-5-3-4-8-18-12/h6-7,9,12H,2-5,8,10H2,1H3,(H,16,17). The average molecular weight is 244 g/mol. The molecule has 1 fully saturated rings. The van der Waals surface area contributed by atoms with Crippen LogP contribution < -0.4 is 0 Å². The number of rotatable bonds is 3. The number of nitrogens with zero attached hydrogens (tertiary/aromatic N) is 1. The van der Waals surface area contributed by atoms with E-state index in [-0.39, 0.29) is 0 Å². The van der Waals surface area contributed by atoms with E-state index in [9.17, 15) is 0 Å². The molecule has 1 aromatic heterocycles. The molecule has 1 saturated heterocycles. The molecule has 1 N–H and O–H groups in total. The zero-order valence-electron chi connectivity index (χ0n) is 10.9. The predicted octanol–water partition coefficient (Wildman–Crippen LogP) is 3.24. The molecular weight excluding hydrogens is 224 g/mol. The van der Waals surface area contributed by atoms with Crippen LogP contribution in [-0.2, 0) is 17.6 Å². The summed E-state index contributed by atoms with van der Waals surface area (Å²) in [6.45, 7) is 3.08. The summed E-state index contributed by atoms with van der Waals surface area (Å²) in [5.41, 5.74) is 3.57. The Morgan fingerprint density at radius 1 is 1.39 bits per heavy atom. The van der Waals surface area contributed by atoms with Gasteiger partial charge in [-0.3, -0.25) is 0 Å². The van der Waals surface area contributed by atoms with E-state index in [1.807, 2.05) is 0 Å². The summed E-state index contributed by atoms with van der Waals surface area (Å²) in [6.07, 6.45) is 5.98. The van der Waals surface area contributed by atoms with Crippen LogP contribution in [0.4, 0.5) is 0 Å². The molecule has 0 radical (unpaired) electrons. The van der Waals surface area contributed by atoms with Gasteiger partial charge in [-0.2, -0.15) is 0 Å². The van der Waals surface area contributed by atoms with Gasteiger partial charge in [-0.1, -0.05) is 13.0 Å². The van der Waals surface area contributed by atoms with Crippen LogP contribution in [0.15, 0.2) is 18.2 Å². The van der Waals surface area contributed by atoms with E-state index < -0.39 is 0 Å². The first-order chi connectivity index (χ1) is 8.85. The summed E-state index contributed by atoms with van der Waals surface area (Å²) >= 11 is 0. The van der Waals surface area contributed by atoms with Crippen molar-refractivity contribution in [2.24, 2.45) is 0 Å². The number of imidazole rings is 1. The van der Waals surface area contributed by atoms with Gasteiger partial charge in [0.1, 0.15) is 5.82 Å². The largest absolute Gasteiger partial charge is 0.378 e.